The molecule has 4 aliphatic heterocycles. The number of hydrogen-bond acceptors (Lipinski definition) is 6. The zero-order valence-corrected chi connectivity index (χ0v) is 18.6. The quantitative estimate of drug-likeness (QED) is 0.490. The Kier molecular flexibility index (Phi) is 7.43. The van der Waals surface area contributed by atoms with Gasteiger partial charge in [-0.2, -0.15) is 0 Å². The average Bonchev–Trinajstić information content (AvgIpc) is 2.78. The fourth-order valence-corrected chi connectivity index (χ4v) is 5.40. The standard InChI is InChI=1S/C18H23ClN2O3.C4H4O4/c1-2-21(16-11-20-5-3-12(16)4-6-20)7-8-24-17-14(18(22)23)9-13(19)10-15(17)21;5-3(6)1-2-4(7)8/h9-10,12,16H,2-8,11H2,1H3;1-2H,(H,5,6)(H,7,8)/b;2-1+. The molecule has 2 unspecified atom stereocenters. The third kappa shape index (κ3) is 4.90. The molecule has 0 aromatic heterocycles. The van der Waals surface area contributed by atoms with E-state index in [1.807, 2.05) is 6.07 Å². The minimum absolute atomic E-state index is 0.0782. The van der Waals surface area contributed by atoms with Crippen LogP contribution >= 0.6 is 11.6 Å². The smallest absolute Gasteiger partial charge is 0.328 e. The van der Waals surface area contributed by atoms with Crippen molar-refractivity contribution in [2.45, 2.75) is 25.8 Å². The highest BCUT2D eigenvalue weighted by Crippen LogP contribution is 2.46. The second-order valence-corrected chi connectivity index (χ2v) is 8.66. The number of aliphatic carboxylic acids is 2. The Morgan fingerprint density at radius 3 is 2.31 bits per heavy atom. The van der Waals surface area contributed by atoms with Crippen molar-refractivity contribution < 1.29 is 34.4 Å². The first-order valence-electron chi connectivity index (χ1n) is 10.6. The van der Waals surface area contributed by atoms with Crippen molar-refractivity contribution in [3.63, 3.8) is 0 Å². The van der Waals surface area contributed by atoms with Crippen LogP contribution in [0.1, 0.15) is 30.1 Å². The third-order valence-electron chi connectivity index (χ3n) is 6.66. The summed E-state index contributed by atoms with van der Waals surface area (Å²) in [4.78, 5) is 33.2. The normalized spacial score (nSPS) is 28.2. The van der Waals surface area contributed by atoms with E-state index in [4.69, 9.17) is 26.6 Å². The summed E-state index contributed by atoms with van der Waals surface area (Å²) in [6.45, 7) is 7.95. The summed E-state index contributed by atoms with van der Waals surface area (Å²) in [6.07, 6.45) is 3.58. The summed E-state index contributed by atoms with van der Waals surface area (Å²) < 4.78 is 6.57. The van der Waals surface area contributed by atoms with Gasteiger partial charge in [0.1, 0.15) is 19.2 Å². The van der Waals surface area contributed by atoms with Crippen LogP contribution in [-0.2, 0) is 9.59 Å². The fraction of sp³-hybridized carbons (Fsp3) is 0.500. The molecule has 0 aliphatic carbocycles. The van der Waals surface area contributed by atoms with E-state index in [2.05, 4.69) is 11.8 Å². The number of likely N-dealkylation sites (N-methyl/N-ethyl adjacent to an activating group) is 1. The molecule has 0 spiro atoms. The molecule has 1 aromatic carbocycles. The van der Waals surface area contributed by atoms with Crippen LogP contribution in [0.4, 0.5) is 5.69 Å². The Hall–Kier alpha value is -2.62. The van der Waals surface area contributed by atoms with Crippen LogP contribution in [0.15, 0.2) is 24.3 Å². The molecule has 0 radical (unpaired) electrons. The van der Waals surface area contributed by atoms with Crippen LogP contribution in [-0.4, -0.2) is 78.4 Å². The number of carboxylic acid groups (broad SMARTS) is 3. The fourth-order valence-electron chi connectivity index (χ4n) is 5.19. The van der Waals surface area contributed by atoms with Gasteiger partial charge in [0, 0.05) is 34.7 Å². The van der Waals surface area contributed by atoms with Gasteiger partial charge in [0.25, 0.3) is 0 Å². The number of halogens is 1. The van der Waals surface area contributed by atoms with E-state index in [0.29, 0.717) is 41.5 Å². The predicted octanol–water partition coefficient (Wildman–Crippen LogP) is 1.23. The molecule has 3 fully saturated rings. The molecule has 3 saturated heterocycles. The van der Waals surface area contributed by atoms with Gasteiger partial charge in [-0.05, 0) is 38.9 Å². The zero-order chi connectivity index (χ0) is 23.5. The topological polar surface area (TPSA) is 127 Å². The van der Waals surface area contributed by atoms with Crippen LogP contribution < -0.4 is 14.3 Å². The minimum atomic E-state index is -1.26. The lowest BCUT2D eigenvalue weighted by Crippen LogP contribution is -2.69. The molecular weight excluding hydrogens is 440 g/mol. The Morgan fingerprint density at radius 1 is 1.22 bits per heavy atom. The van der Waals surface area contributed by atoms with Crippen molar-refractivity contribution in [2.24, 2.45) is 5.92 Å². The second-order valence-electron chi connectivity index (χ2n) is 8.23. The lowest BCUT2D eigenvalue weighted by molar-refractivity contribution is -0.255. The number of quaternary nitrogens is 1. The number of ether oxygens (including phenoxy) is 1. The summed E-state index contributed by atoms with van der Waals surface area (Å²) in [5, 5.41) is 27.6. The van der Waals surface area contributed by atoms with E-state index >= 15 is 0 Å². The Balaban J connectivity index is 0.000000312. The molecule has 32 heavy (non-hydrogen) atoms. The molecule has 0 saturated carbocycles. The molecule has 5 rings (SSSR count). The number of benzene rings is 1. The first-order chi connectivity index (χ1) is 15.2. The van der Waals surface area contributed by atoms with E-state index in [-0.39, 0.29) is 5.56 Å². The Bertz CT molecular complexity index is 911. The maximum absolute atomic E-state index is 11.6. The van der Waals surface area contributed by atoms with Gasteiger partial charge in [0.2, 0.25) is 0 Å². The molecule has 1 aromatic rings. The first-order valence-corrected chi connectivity index (χ1v) is 11.0. The van der Waals surface area contributed by atoms with Crippen LogP contribution in [0.3, 0.4) is 0 Å². The SMILES string of the molecule is CC[N+]1(C2CN3CCC2CC3)CCOc2c(C(=O)[O-])cc(Cl)cc21.O=C(O)/C=C/C(=O)O. The number of nitrogens with zero attached hydrogens (tertiary/aromatic N) is 2. The highest BCUT2D eigenvalue weighted by molar-refractivity contribution is 6.31. The molecule has 4 heterocycles. The van der Waals surface area contributed by atoms with Crippen molar-refractivity contribution in [3.05, 3.63) is 34.9 Å². The Labute approximate surface area is 191 Å². The second kappa shape index (κ2) is 9.89. The number of fused-ring (bicyclic) bond motifs is 4. The minimum Gasteiger partial charge on any atom is -0.545 e. The summed E-state index contributed by atoms with van der Waals surface area (Å²) in [5.41, 5.74) is 1.00. The largest absolute Gasteiger partial charge is 0.545 e. The van der Waals surface area contributed by atoms with Crippen LogP contribution in [0.2, 0.25) is 5.02 Å². The van der Waals surface area contributed by atoms with Crippen molar-refractivity contribution in [1.82, 2.24) is 9.38 Å². The number of carboxylic acids is 3. The molecule has 174 valence electrons. The number of carbonyl (C=O) groups excluding carboxylic acids is 1. The van der Waals surface area contributed by atoms with Crippen LogP contribution in [0, 0.1) is 5.92 Å². The van der Waals surface area contributed by atoms with E-state index in [1.54, 1.807) is 0 Å². The van der Waals surface area contributed by atoms with E-state index in [9.17, 15) is 19.5 Å². The maximum Gasteiger partial charge on any atom is 0.328 e. The van der Waals surface area contributed by atoms with Crippen LogP contribution in [0.5, 0.6) is 5.75 Å². The van der Waals surface area contributed by atoms with Crippen molar-refractivity contribution in [1.29, 1.82) is 0 Å². The number of hydrogen-bond donors (Lipinski definition) is 2. The lowest BCUT2D eigenvalue weighted by atomic mass is 9.81. The van der Waals surface area contributed by atoms with E-state index in [1.165, 1.54) is 32.0 Å². The van der Waals surface area contributed by atoms with Gasteiger partial charge in [-0.3, -0.25) is 9.38 Å². The summed E-state index contributed by atoms with van der Waals surface area (Å²) in [6, 6.07) is 3.83. The molecule has 2 atom stereocenters. The van der Waals surface area contributed by atoms with Gasteiger partial charge in [-0.15, -0.1) is 0 Å². The molecule has 0 amide bonds. The number of piperidine rings is 3. The van der Waals surface area contributed by atoms with Gasteiger partial charge < -0.3 is 24.9 Å². The monoisotopic (exact) mass is 466 g/mol. The highest BCUT2D eigenvalue weighted by Gasteiger charge is 2.50. The summed E-state index contributed by atoms with van der Waals surface area (Å²) in [7, 11) is 0. The summed E-state index contributed by atoms with van der Waals surface area (Å²) in [5.74, 6) is -2.59. The molecule has 10 heteroatoms. The zero-order valence-electron chi connectivity index (χ0n) is 17.8. The Morgan fingerprint density at radius 2 is 1.84 bits per heavy atom. The van der Waals surface area contributed by atoms with E-state index < -0.39 is 17.9 Å². The number of carbonyl (C=O) groups is 3. The molecule has 9 nitrogen and oxygen atoms in total. The molecule has 4 aliphatic rings. The predicted molar refractivity (Wildman–Crippen MR) is 116 cm³/mol. The summed E-state index contributed by atoms with van der Waals surface area (Å²) >= 11 is 6.26. The van der Waals surface area contributed by atoms with Crippen molar-refractivity contribution in [3.8, 4) is 5.75 Å². The van der Waals surface area contributed by atoms with Gasteiger partial charge in [0.15, 0.2) is 11.4 Å². The molecular formula is C22H27ClN2O7. The highest BCUT2D eigenvalue weighted by atomic mass is 35.5. The molecule has 2 N–H and O–H groups in total. The first kappa shape index (κ1) is 24.0. The van der Waals surface area contributed by atoms with Gasteiger partial charge in [-0.25, -0.2) is 9.59 Å². The molecule has 2 bridgehead atoms. The van der Waals surface area contributed by atoms with Gasteiger partial charge in [0.05, 0.1) is 19.1 Å². The maximum atomic E-state index is 11.6. The van der Waals surface area contributed by atoms with Crippen molar-refractivity contribution >= 4 is 35.2 Å². The number of aromatic carboxylic acids is 1. The van der Waals surface area contributed by atoms with Crippen molar-refractivity contribution in [2.75, 3.05) is 39.3 Å². The number of rotatable bonds is 5. The lowest BCUT2D eigenvalue weighted by Gasteiger charge is -2.55. The van der Waals surface area contributed by atoms with Gasteiger partial charge >= 0.3 is 11.9 Å². The third-order valence-corrected chi connectivity index (χ3v) is 6.88. The van der Waals surface area contributed by atoms with E-state index in [0.717, 1.165) is 29.8 Å². The van der Waals surface area contributed by atoms with Crippen LogP contribution in [0.25, 0.3) is 0 Å². The van der Waals surface area contributed by atoms with Gasteiger partial charge in [-0.1, -0.05) is 11.6 Å². The average molecular weight is 467 g/mol.